The normalized spacial score (nSPS) is 14.3. The molecule has 1 aliphatic heterocycles. The summed E-state index contributed by atoms with van der Waals surface area (Å²) in [5, 5.41) is 5.26. The van der Waals surface area contributed by atoms with Crippen molar-refractivity contribution in [1.29, 1.82) is 0 Å². The van der Waals surface area contributed by atoms with Crippen molar-refractivity contribution < 1.29 is 19.1 Å². The van der Waals surface area contributed by atoms with Crippen LogP contribution in [0.3, 0.4) is 0 Å². The van der Waals surface area contributed by atoms with Gasteiger partial charge in [0.05, 0.1) is 0 Å². The third-order valence-electron chi connectivity index (χ3n) is 5.30. The molecule has 1 heterocycles. The van der Waals surface area contributed by atoms with Crippen molar-refractivity contribution >= 4 is 29.6 Å². The van der Waals surface area contributed by atoms with Gasteiger partial charge < -0.3 is 15.4 Å². The molecule has 4 rings (SSSR count). The molecule has 1 fully saturated rings. The molecule has 0 aliphatic carbocycles. The van der Waals surface area contributed by atoms with E-state index in [2.05, 4.69) is 10.6 Å². The van der Waals surface area contributed by atoms with Crippen molar-refractivity contribution in [2.24, 2.45) is 0 Å². The number of rotatable bonds is 7. The first-order valence-corrected chi connectivity index (χ1v) is 10.9. The van der Waals surface area contributed by atoms with Crippen molar-refractivity contribution in [1.82, 2.24) is 10.2 Å². The quantitative estimate of drug-likeness (QED) is 0.408. The number of ether oxygens (including phenoxy) is 1. The van der Waals surface area contributed by atoms with Crippen LogP contribution in [0.2, 0.25) is 0 Å². The summed E-state index contributed by atoms with van der Waals surface area (Å²) in [7, 11) is 0. The van der Waals surface area contributed by atoms with Crippen molar-refractivity contribution in [3.05, 3.63) is 101 Å². The number of hydrogen-bond acceptors (Lipinski definition) is 4. The summed E-state index contributed by atoms with van der Waals surface area (Å²) in [5.74, 6) is -0.455. The van der Waals surface area contributed by atoms with Gasteiger partial charge in [0.15, 0.2) is 0 Å². The molecule has 3 aromatic rings. The van der Waals surface area contributed by atoms with Crippen molar-refractivity contribution in [3.8, 4) is 5.75 Å². The average Bonchev–Trinajstić information content (AvgIpc) is 3.07. The second-order valence-corrected chi connectivity index (χ2v) is 8.11. The van der Waals surface area contributed by atoms with Gasteiger partial charge in [0, 0.05) is 11.3 Å². The molecule has 0 radical (unpaired) electrons. The monoisotopic (exact) mass is 455 g/mol. The minimum Gasteiger partial charge on any atom is -0.488 e. The summed E-state index contributed by atoms with van der Waals surface area (Å²) in [6.07, 6.45) is 1.56. The molecule has 1 aliphatic rings. The van der Waals surface area contributed by atoms with E-state index in [1.54, 1.807) is 24.3 Å². The molecule has 0 bridgehead atoms. The number of amides is 4. The molecule has 3 aromatic carbocycles. The Morgan fingerprint density at radius 3 is 2.50 bits per heavy atom. The SMILES string of the molecule is Cc1ccc(COc2ccccc2/C=C2/NC(=O)N(CC(=O)Nc3cccc(C)c3)C2=O)cc1. The van der Waals surface area contributed by atoms with Gasteiger partial charge in [0.2, 0.25) is 5.91 Å². The van der Waals surface area contributed by atoms with E-state index < -0.39 is 17.8 Å². The molecule has 2 N–H and O–H groups in total. The molecule has 4 amide bonds. The Balaban J connectivity index is 1.44. The van der Waals surface area contributed by atoms with E-state index in [-0.39, 0.29) is 12.2 Å². The lowest BCUT2D eigenvalue weighted by Crippen LogP contribution is -2.38. The van der Waals surface area contributed by atoms with Crippen LogP contribution >= 0.6 is 0 Å². The zero-order valence-corrected chi connectivity index (χ0v) is 19.0. The highest BCUT2D eigenvalue weighted by atomic mass is 16.5. The first-order valence-electron chi connectivity index (χ1n) is 10.9. The Labute approximate surface area is 198 Å². The molecule has 7 heteroatoms. The number of carbonyl (C=O) groups excluding carboxylic acids is 3. The van der Waals surface area contributed by atoms with Gasteiger partial charge in [-0.3, -0.25) is 9.59 Å². The van der Waals surface area contributed by atoms with Crippen LogP contribution in [0.4, 0.5) is 10.5 Å². The van der Waals surface area contributed by atoms with Gasteiger partial charge in [-0.1, -0.05) is 60.2 Å². The molecule has 0 spiro atoms. The average molecular weight is 456 g/mol. The highest BCUT2D eigenvalue weighted by molar-refractivity contribution is 6.16. The van der Waals surface area contributed by atoms with E-state index in [0.29, 0.717) is 23.6 Å². The first-order chi connectivity index (χ1) is 16.4. The van der Waals surface area contributed by atoms with Crippen molar-refractivity contribution in [2.75, 3.05) is 11.9 Å². The number of benzene rings is 3. The van der Waals surface area contributed by atoms with Gasteiger partial charge in [-0.25, -0.2) is 9.69 Å². The van der Waals surface area contributed by atoms with E-state index >= 15 is 0 Å². The van der Waals surface area contributed by atoms with Gasteiger partial charge in [-0.05, 0) is 49.2 Å². The Bertz CT molecular complexity index is 1260. The predicted octanol–water partition coefficient (Wildman–Crippen LogP) is 4.41. The third kappa shape index (κ3) is 5.50. The van der Waals surface area contributed by atoms with E-state index in [1.807, 2.05) is 68.4 Å². The van der Waals surface area contributed by atoms with Crippen LogP contribution in [0.15, 0.2) is 78.5 Å². The standard InChI is InChI=1S/C27H25N3O4/c1-18-10-12-20(13-11-18)17-34-24-9-4-3-7-21(24)15-23-26(32)30(27(33)29-23)16-25(31)28-22-8-5-6-19(2)14-22/h3-15H,16-17H2,1-2H3,(H,28,31)(H,29,33)/b23-15+. The van der Waals surface area contributed by atoms with E-state index in [9.17, 15) is 14.4 Å². The van der Waals surface area contributed by atoms with Crippen molar-refractivity contribution in [3.63, 3.8) is 0 Å². The maximum atomic E-state index is 12.8. The molecule has 0 atom stereocenters. The minimum absolute atomic E-state index is 0.0831. The number of anilines is 1. The van der Waals surface area contributed by atoms with Crippen LogP contribution in [0, 0.1) is 13.8 Å². The van der Waals surface area contributed by atoms with Crippen molar-refractivity contribution in [2.45, 2.75) is 20.5 Å². The second-order valence-electron chi connectivity index (χ2n) is 8.11. The fourth-order valence-electron chi connectivity index (χ4n) is 3.51. The van der Waals surface area contributed by atoms with Gasteiger partial charge in [-0.15, -0.1) is 0 Å². The lowest BCUT2D eigenvalue weighted by Gasteiger charge is -2.12. The number of imide groups is 1. The highest BCUT2D eigenvalue weighted by Gasteiger charge is 2.35. The number of nitrogens with one attached hydrogen (secondary N) is 2. The maximum Gasteiger partial charge on any atom is 0.329 e. The Kier molecular flexibility index (Phi) is 6.73. The largest absolute Gasteiger partial charge is 0.488 e. The summed E-state index contributed by atoms with van der Waals surface area (Å²) in [5.41, 5.74) is 4.50. The Morgan fingerprint density at radius 1 is 0.971 bits per heavy atom. The maximum absolute atomic E-state index is 12.8. The lowest BCUT2D eigenvalue weighted by atomic mass is 10.1. The molecular formula is C27H25N3O4. The van der Waals surface area contributed by atoms with E-state index in [1.165, 1.54) is 5.56 Å². The van der Waals surface area contributed by atoms with Gasteiger partial charge >= 0.3 is 6.03 Å². The third-order valence-corrected chi connectivity index (χ3v) is 5.30. The molecule has 1 saturated heterocycles. The van der Waals surface area contributed by atoms with Crippen LogP contribution < -0.4 is 15.4 Å². The Hall–Kier alpha value is -4.39. The van der Waals surface area contributed by atoms with Crippen LogP contribution in [0.5, 0.6) is 5.75 Å². The number of urea groups is 1. The summed E-state index contributed by atoms with van der Waals surface area (Å²) in [6, 6.07) is 21.9. The molecule has 0 unspecified atom stereocenters. The van der Waals surface area contributed by atoms with Crippen LogP contribution in [0.25, 0.3) is 6.08 Å². The highest BCUT2D eigenvalue weighted by Crippen LogP contribution is 2.24. The smallest absolute Gasteiger partial charge is 0.329 e. The summed E-state index contributed by atoms with van der Waals surface area (Å²) >= 11 is 0. The van der Waals surface area contributed by atoms with Crippen LogP contribution in [-0.4, -0.2) is 29.3 Å². The zero-order chi connectivity index (χ0) is 24.1. The molecular weight excluding hydrogens is 430 g/mol. The molecule has 7 nitrogen and oxygen atoms in total. The number of nitrogens with zero attached hydrogens (tertiary/aromatic N) is 1. The Morgan fingerprint density at radius 2 is 1.74 bits per heavy atom. The second kappa shape index (κ2) is 10.0. The fraction of sp³-hybridized carbons (Fsp3) is 0.148. The van der Waals surface area contributed by atoms with Gasteiger partial charge in [0.25, 0.3) is 5.91 Å². The number of carbonyl (C=O) groups is 3. The predicted molar refractivity (Wildman–Crippen MR) is 130 cm³/mol. The number of para-hydroxylation sites is 1. The summed E-state index contributed by atoms with van der Waals surface area (Å²) < 4.78 is 5.96. The van der Waals surface area contributed by atoms with Gasteiger partial charge in [-0.2, -0.15) is 0 Å². The number of aryl methyl sites for hydroxylation is 2. The summed E-state index contributed by atoms with van der Waals surface area (Å²) in [4.78, 5) is 38.5. The topological polar surface area (TPSA) is 87.7 Å². The molecule has 172 valence electrons. The number of hydrogen-bond donors (Lipinski definition) is 2. The lowest BCUT2D eigenvalue weighted by molar-refractivity contribution is -0.127. The van der Waals surface area contributed by atoms with Crippen LogP contribution in [-0.2, 0) is 16.2 Å². The summed E-state index contributed by atoms with van der Waals surface area (Å²) in [6.45, 7) is 3.91. The molecule has 0 aromatic heterocycles. The van der Waals surface area contributed by atoms with Crippen LogP contribution in [0.1, 0.15) is 22.3 Å². The van der Waals surface area contributed by atoms with E-state index in [0.717, 1.165) is 16.0 Å². The minimum atomic E-state index is -0.645. The van der Waals surface area contributed by atoms with Gasteiger partial charge in [0.1, 0.15) is 24.6 Å². The fourth-order valence-corrected chi connectivity index (χ4v) is 3.51. The first kappa shape index (κ1) is 22.8. The van der Waals surface area contributed by atoms with E-state index in [4.69, 9.17) is 4.74 Å². The zero-order valence-electron chi connectivity index (χ0n) is 19.0. The molecule has 34 heavy (non-hydrogen) atoms. The molecule has 0 saturated carbocycles.